The molecule has 0 spiro atoms. The molecule has 0 fully saturated rings. The lowest BCUT2D eigenvalue weighted by Crippen LogP contribution is -2.19. The number of fused-ring (bicyclic) bond motifs is 1. The van der Waals surface area contributed by atoms with E-state index in [9.17, 15) is 0 Å². The van der Waals surface area contributed by atoms with E-state index < -0.39 is 0 Å². The zero-order chi connectivity index (χ0) is 12.8. The second-order valence-electron chi connectivity index (χ2n) is 4.09. The van der Waals surface area contributed by atoms with Gasteiger partial charge in [-0.25, -0.2) is 0 Å². The van der Waals surface area contributed by atoms with Gasteiger partial charge < -0.3 is 24.6 Å². The lowest BCUT2D eigenvalue weighted by Gasteiger charge is -2.10. The number of hydrogen-bond acceptors (Lipinski definition) is 5. The Balaban J connectivity index is 1.94. The largest absolute Gasteiger partial charge is 0.496 e. The summed E-state index contributed by atoms with van der Waals surface area (Å²) in [5.41, 5.74) is 1.12. The van der Waals surface area contributed by atoms with Gasteiger partial charge in [0, 0.05) is 12.6 Å². The number of aryl methyl sites for hydroxylation is 1. The van der Waals surface area contributed by atoms with E-state index in [1.54, 1.807) is 7.11 Å². The topological polar surface area (TPSA) is 60.0 Å². The highest BCUT2D eigenvalue weighted by atomic mass is 16.7. The molecule has 0 amide bonds. The molecule has 18 heavy (non-hydrogen) atoms. The molecule has 0 aliphatic carbocycles. The number of ether oxygens (including phenoxy) is 3. The third-order valence-corrected chi connectivity index (χ3v) is 2.86. The maximum absolute atomic E-state index is 8.66. The van der Waals surface area contributed by atoms with Crippen LogP contribution >= 0.6 is 0 Å². The molecule has 2 rings (SSSR count). The molecular weight excluding hydrogens is 234 g/mol. The third-order valence-electron chi connectivity index (χ3n) is 2.86. The highest BCUT2D eigenvalue weighted by molar-refractivity contribution is 5.51. The number of nitrogens with one attached hydrogen (secondary N) is 1. The highest BCUT2D eigenvalue weighted by Gasteiger charge is 2.17. The Morgan fingerprint density at radius 3 is 2.78 bits per heavy atom. The molecule has 1 aromatic carbocycles. The molecule has 0 saturated heterocycles. The van der Waals surface area contributed by atoms with E-state index >= 15 is 0 Å². The summed E-state index contributed by atoms with van der Waals surface area (Å²) < 4.78 is 16.0. The van der Waals surface area contributed by atoms with Crippen molar-refractivity contribution < 1.29 is 19.3 Å². The fourth-order valence-corrected chi connectivity index (χ4v) is 1.96. The highest BCUT2D eigenvalue weighted by Crippen LogP contribution is 2.38. The van der Waals surface area contributed by atoms with Crippen molar-refractivity contribution in [3.05, 3.63) is 17.7 Å². The standard InChI is InChI=1S/C13H19NO4/c1-16-11-8-13-12(17-9-18-13)7-10(11)3-2-4-14-5-6-15/h7-8,14-15H,2-6,9H2,1H3. The van der Waals surface area contributed by atoms with Crippen LogP contribution in [0.3, 0.4) is 0 Å². The first-order valence-corrected chi connectivity index (χ1v) is 6.13. The molecule has 0 bridgehead atoms. The number of benzene rings is 1. The van der Waals surface area contributed by atoms with E-state index in [2.05, 4.69) is 5.32 Å². The Hall–Kier alpha value is -1.46. The van der Waals surface area contributed by atoms with Gasteiger partial charge in [0.2, 0.25) is 6.79 Å². The lowest BCUT2D eigenvalue weighted by molar-refractivity contribution is 0.174. The van der Waals surface area contributed by atoms with E-state index in [-0.39, 0.29) is 13.4 Å². The van der Waals surface area contributed by atoms with Gasteiger partial charge in [-0.05, 0) is 31.0 Å². The second-order valence-corrected chi connectivity index (χ2v) is 4.09. The van der Waals surface area contributed by atoms with Crippen molar-refractivity contribution in [2.45, 2.75) is 12.8 Å². The predicted molar refractivity (Wildman–Crippen MR) is 67.4 cm³/mol. The van der Waals surface area contributed by atoms with Crippen LogP contribution in [0.2, 0.25) is 0 Å². The van der Waals surface area contributed by atoms with E-state index in [1.165, 1.54) is 0 Å². The van der Waals surface area contributed by atoms with Crippen LogP contribution in [0, 0.1) is 0 Å². The summed E-state index contributed by atoms with van der Waals surface area (Å²) in [6, 6.07) is 3.85. The molecular formula is C13H19NO4. The molecule has 100 valence electrons. The molecule has 0 atom stereocenters. The minimum Gasteiger partial charge on any atom is -0.496 e. The van der Waals surface area contributed by atoms with Crippen molar-refractivity contribution in [3.63, 3.8) is 0 Å². The summed E-state index contributed by atoms with van der Waals surface area (Å²) in [6.45, 7) is 1.96. The smallest absolute Gasteiger partial charge is 0.231 e. The van der Waals surface area contributed by atoms with Crippen molar-refractivity contribution in [3.8, 4) is 17.2 Å². The molecule has 5 heteroatoms. The van der Waals surface area contributed by atoms with Gasteiger partial charge in [-0.1, -0.05) is 0 Å². The van der Waals surface area contributed by atoms with Crippen LogP contribution in [0.15, 0.2) is 12.1 Å². The quantitative estimate of drug-likeness (QED) is 0.708. The Bertz CT molecular complexity index is 395. The van der Waals surface area contributed by atoms with Crippen LogP contribution in [0.4, 0.5) is 0 Å². The van der Waals surface area contributed by atoms with Gasteiger partial charge in [-0.2, -0.15) is 0 Å². The van der Waals surface area contributed by atoms with Gasteiger partial charge >= 0.3 is 0 Å². The van der Waals surface area contributed by atoms with Crippen molar-refractivity contribution in [1.82, 2.24) is 5.32 Å². The Morgan fingerprint density at radius 2 is 2.06 bits per heavy atom. The van der Waals surface area contributed by atoms with Crippen LogP contribution in [0.25, 0.3) is 0 Å². The fourth-order valence-electron chi connectivity index (χ4n) is 1.96. The van der Waals surface area contributed by atoms with Crippen LogP contribution < -0.4 is 19.5 Å². The SMILES string of the molecule is COc1cc2c(cc1CCCNCCO)OCO2. The summed E-state index contributed by atoms with van der Waals surface area (Å²) in [5, 5.41) is 11.8. The summed E-state index contributed by atoms with van der Waals surface area (Å²) in [4.78, 5) is 0. The molecule has 0 saturated carbocycles. The summed E-state index contributed by atoms with van der Waals surface area (Å²) in [5.74, 6) is 2.37. The molecule has 2 N–H and O–H groups in total. The van der Waals surface area contributed by atoms with Gasteiger partial charge in [-0.15, -0.1) is 0 Å². The average molecular weight is 253 g/mol. The number of aliphatic hydroxyl groups is 1. The first-order chi connectivity index (χ1) is 8.85. The maximum Gasteiger partial charge on any atom is 0.231 e. The predicted octanol–water partition coefficient (Wildman–Crippen LogP) is 0.938. The number of methoxy groups -OCH3 is 1. The van der Waals surface area contributed by atoms with Gasteiger partial charge in [-0.3, -0.25) is 0 Å². The van der Waals surface area contributed by atoms with E-state index in [0.717, 1.165) is 42.2 Å². The summed E-state index contributed by atoms with van der Waals surface area (Å²) >= 11 is 0. The van der Waals surface area contributed by atoms with Gasteiger partial charge in [0.15, 0.2) is 11.5 Å². The minimum atomic E-state index is 0.174. The lowest BCUT2D eigenvalue weighted by atomic mass is 10.1. The normalized spacial score (nSPS) is 12.8. The Morgan fingerprint density at radius 1 is 1.28 bits per heavy atom. The first kappa shape index (κ1) is 13.0. The zero-order valence-electron chi connectivity index (χ0n) is 10.6. The monoisotopic (exact) mass is 253 g/mol. The van der Waals surface area contributed by atoms with Crippen LogP contribution in [-0.2, 0) is 6.42 Å². The Kier molecular flexibility index (Phi) is 4.66. The maximum atomic E-state index is 8.66. The van der Waals surface area contributed by atoms with Crippen molar-refractivity contribution in [1.29, 1.82) is 0 Å². The number of aliphatic hydroxyl groups excluding tert-OH is 1. The first-order valence-electron chi connectivity index (χ1n) is 6.13. The zero-order valence-corrected chi connectivity index (χ0v) is 10.6. The Labute approximate surface area is 107 Å². The van der Waals surface area contributed by atoms with Crippen LogP contribution in [-0.4, -0.2) is 38.7 Å². The molecule has 1 aliphatic heterocycles. The molecule has 0 radical (unpaired) electrons. The summed E-state index contributed by atoms with van der Waals surface area (Å²) in [7, 11) is 1.66. The molecule has 1 heterocycles. The van der Waals surface area contributed by atoms with Crippen LogP contribution in [0.1, 0.15) is 12.0 Å². The van der Waals surface area contributed by atoms with E-state index in [4.69, 9.17) is 19.3 Å². The van der Waals surface area contributed by atoms with Gasteiger partial charge in [0.1, 0.15) is 5.75 Å². The van der Waals surface area contributed by atoms with Crippen molar-refractivity contribution in [2.75, 3.05) is 33.6 Å². The van der Waals surface area contributed by atoms with Gasteiger partial charge in [0.25, 0.3) is 0 Å². The molecule has 1 aliphatic rings. The molecule has 0 aromatic heterocycles. The van der Waals surface area contributed by atoms with E-state index in [0.29, 0.717) is 6.54 Å². The minimum absolute atomic E-state index is 0.174. The molecule has 5 nitrogen and oxygen atoms in total. The van der Waals surface area contributed by atoms with Crippen LogP contribution in [0.5, 0.6) is 17.2 Å². The average Bonchev–Trinajstić information content (AvgIpc) is 2.84. The molecule has 0 unspecified atom stereocenters. The third kappa shape index (κ3) is 3.05. The second kappa shape index (κ2) is 6.47. The van der Waals surface area contributed by atoms with Crippen molar-refractivity contribution >= 4 is 0 Å². The molecule has 1 aromatic rings. The van der Waals surface area contributed by atoms with E-state index in [1.807, 2.05) is 12.1 Å². The fraction of sp³-hybridized carbons (Fsp3) is 0.538. The van der Waals surface area contributed by atoms with Crippen molar-refractivity contribution in [2.24, 2.45) is 0 Å². The number of rotatable bonds is 7. The summed E-state index contributed by atoms with van der Waals surface area (Å²) in [6.07, 6.45) is 1.88. The number of hydrogen-bond donors (Lipinski definition) is 2. The van der Waals surface area contributed by atoms with Gasteiger partial charge in [0.05, 0.1) is 13.7 Å².